The van der Waals surface area contributed by atoms with Gasteiger partial charge in [-0.1, -0.05) is 36.4 Å². The molecule has 0 spiro atoms. The lowest BCUT2D eigenvalue weighted by Crippen LogP contribution is -2.42. The third kappa shape index (κ3) is 5.08. The highest BCUT2D eigenvalue weighted by Crippen LogP contribution is 2.48. The van der Waals surface area contributed by atoms with E-state index < -0.39 is 7.60 Å². The summed E-state index contributed by atoms with van der Waals surface area (Å²) in [6.45, 7) is 1.93. The average Bonchev–Trinajstić information content (AvgIpc) is 2.64. The summed E-state index contributed by atoms with van der Waals surface area (Å²) < 4.78 is 29.8. The molecular formula is C18H20NO5P. The zero-order valence-corrected chi connectivity index (χ0v) is 14.6. The predicted molar refractivity (Wildman–Crippen MR) is 94.0 cm³/mol. The molecule has 0 aromatic heterocycles. The Kier molecular flexibility index (Phi) is 5.74. The molecule has 25 heavy (non-hydrogen) atoms. The summed E-state index contributed by atoms with van der Waals surface area (Å²) in [5, 5.41) is 0. The Morgan fingerprint density at radius 2 is 1.40 bits per heavy atom. The highest BCUT2D eigenvalue weighted by Gasteiger charge is 2.34. The SMILES string of the molecule is O=C(CP(=O)(Oc1ccccc1)Oc1ccccc1)N1CCOCC1. The van der Waals surface area contributed by atoms with Gasteiger partial charge in [0.1, 0.15) is 11.5 Å². The summed E-state index contributed by atoms with van der Waals surface area (Å²) in [6, 6.07) is 17.5. The molecule has 0 aliphatic carbocycles. The molecule has 6 nitrogen and oxygen atoms in total. The summed E-state index contributed by atoms with van der Waals surface area (Å²) in [4.78, 5) is 14.2. The number of nitrogens with zero attached hydrogens (tertiary/aromatic N) is 1. The van der Waals surface area contributed by atoms with Crippen molar-refractivity contribution < 1.29 is 23.1 Å². The van der Waals surface area contributed by atoms with Gasteiger partial charge in [0.2, 0.25) is 5.91 Å². The van der Waals surface area contributed by atoms with Crippen molar-refractivity contribution in [3.63, 3.8) is 0 Å². The Labute approximate surface area is 146 Å². The Morgan fingerprint density at radius 1 is 0.920 bits per heavy atom. The normalized spacial score (nSPS) is 14.8. The fourth-order valence-electron chi connectivity index (χ4n) is 2.45. The second-order valence-electron chi connectivity index (χ2n) is 5.57. The van der Waals surface area contributed by atoms with Gasteiger partial charge in [-0.2, -0.15) is 0 Å². The second-order valence-corrected chi connectivity index (χ2v) is 7.47. The lowest BCUT2D eigenvalue weighted by Gasteiger charge is -2.28. The molecule has 1 amide bonds. The van der Waals surface area contributed by atoms with E-state index in [-0.39, 0.29) is 12.1 Å². The number of benzene rings is 2. The molecule has 132 valence electrons. The molecular weight excluding hydrogens is 341 g/mol. The smallest absolute Gasteiger partial charge is 0.416 e. The number of hydrogen-bond donors (Lipinski definition) is 0. The molecule has 2 aromatic rings. The first kappa shape index (κ1) is 17.5. The van der Waals surface area contributed by atoms with Crippen LogP contribution in [0.3, 0.4) is 0 Å². The first-order valence-corrected chi connectivity index (χ1v) is 9.81. The number of rotatable bonds is 6. The van der Waals surface area contributed by atoms with Crippen LogP contribution < -0.4 is 9.05 Å². The van der Waals surface area contributed by atoms with Crippen LogP contribution in [0, 0.1) is 0 Å². The van der Waals surface area contributed by atoms with Crippen LogP contribution in [0.5, 0.6) is 11.5 Å². The van der Waals surface area contributed by atoms with Crippen molar-refractivity contribution in [3.05, 3.63) is 60.7 Å². The van der Waals surface area contributed by atoms with Crippen molar-refractivity contribution in [2.45, 2.75) is 0 Å². The van der Waals surface area contributed by atoms with E-state index in [1.165, 1.54) is 0 Å². The third-order valence-corrected chi connectivity index (χ3v) is 5.30. The Bertz CT molecular complexity index is 686. The number of morpholine rings is 1. The molecule has 0 bridgehead atoms. The molecule has 2 aromatic carbocycles. The minimum atomic E-state index is -3.72. The van der Waals surface area contributed by atoms with E-state index in [4.69, 9.17) is 13.8 Å². The first-order chi connectivity index (χ1) is 12.1. The summed E-state index contributed by atoms with van der Waals surface area (Å²) >= 11 is 0. The fourth-order valence-corrected chi connectivity index (χ4v) is 4.03. The first-order valence-electron chi connectivity index (χ1n) is 8.08. The zero-order valence-electron chi connectivity index (χ0n) is 13.7. The standard InChI is InChI=1S/C18H20NO5P/c20-18(19-11-13-22-14-12-19)15-25(21,23-16-7-3-1-4-8-16)24-17-9-5-2-6-10-17/h1-10H,11-15H2. The summed E-state index contributed by atoms with van der Waals surface area (Å²) in [5.74, 6) is 0.534. The number of ether oxygens (including phenoxy) is 1. The molecule has 0 N–H and O–H groups in total. The van der Waals surface area contributed by atoms with E-state index in [2.05, 4.69) is 0 Å². The molecule has 1 heterocycles. The van der Waals surface area contributed by atoms with Crippen LogP contribution in [-0.4, -0.2) is 43.3 Å². The fraction of sp³-hybridized carbons (Fsp3) is 0.278. The van der Waals surface area contributed by atoms with Crippen LogP contribution in [0.25, 0.3) is 0 Å². The van der Waals surface area contributed by atoms with E-state index in [0.29, 0.717) is 37.8 Å². The van der Waals surface area contributed by atoms with Gasteiger partial charge in [0.15, 0.2) is 6.16 Å². The maximum Gasteiger partial charge on any atom is 0.440 e. The van der Waals surface area contributed by atoms with Gasteiger partial charge in [-0.3, -0.25) is 4.79 Å². The van der Waals surface area contributed by atoms with E-state index in [9.17, 15) is 9.36 Å². The Morgan fingerprint density at radius 3 is 1.88 bits per heavy atom. The third-order valence-electron chi connectivity index (χ3n) is 3.67. The van der Waals surface area contributed by atoms with Gasteiger partial charge in [0, 0.05) is 13.1 Å². The van der Waals surface area contributed by atoms with Gasteiger partial charge in [-0.05, 0) is 24.3 Å². The van der Waals surface area contributed by atoms with E-state index in [1.54, 1.807) is 53.4 Å². The van der Waals surface area contributed by atoms with Crippen molar-refractivity contribution >= 4 is 13.5 Å². The Balaban J connectivity index is 1.77. The highest BCUT2D eigenvalue weighted by atomic mass is 31.2. The topological polar surface area (TPSA) is 65.1 Å². The predicted octanol–water partition coefficient (Wildman–Crippen LogP) is 3.20. The van der Waals surface area contributed by atoms with Crippen molar-refractivity contribution in [3.8, 4) is 11.5 Å². The second kappa shape index (κ2) is 8.19. The minimum absolute atomic E-state index is 0.265. The lowest BCUT2D eigenvalue weighted by molar-refractivity contribution is -0.132. The van der Waals surface area contributed by atoms with Crippen molar-refractivity contribution in [2.75, 3.05) is 32.5 Å². The van der Waals surface area contributed by atoms with Gasteiger partial charge in [0.25, 0.3) is 0 Å². The highest BCUT2D eigenvalue weighted by molar-refractivity contribution is 7.55. The minimum Gasteiger partial charge on any atom is -0.416 e. The van der Waals surface area contributed by atoms with Gasteiger partial charge in [0.05, 0.1) is 13.2 Å². The van der Waals surface area contributed by atoms with Crippen LogP contribution in [-0.2, 0) is 14.1 Å². The summed E-state index contributed by atoms with van der Waals surface area (Å²) in [5.41, 5.74) is 0. The van der Waals surface area contributed by atoms with Gasteiger partial charge >= 0.3 is 7.60 Å². The quantitative estimate of drug-likeness (QED) is 0.740. The molecule has 0 atom stereocenters. The van der Waals surface area contributed by atoms with Crippen LogP contribution >= 0.6 is 7.60 Å². The van der Waals surface area contributed by atoms with Crippen LogP contribution in [0.1, 0.15) is 0 Å². The molecule has 1 aliphatic rings. The molecule has 3 rings (SSSR count). The lowest BCUT2D eigenvalue weighted by atomic mass is 10.3. The van der Waals surface area contributed by atoms with E-state index in [1.807, 2.05) is 12.1 Å². The van der Waals surface area contributed by atoms with Gasteiger partial charge in [-0.25, -0.2) is 4.57 Å². The van der Waals surface area contributed by atoms with E-state index >= 15 is 0 Å². The maximum absolute atomic E-state index is 13.3. The van der Waals surface area contributed by atoms with Crippen LogP contribution in [0.15, 0.2) is 60.7 Å². The zero-order chi connectivity index (χ0) is 17.5. The Hall–Kier alpha value is -2.30. The summed E-state index contributed by atoms with van der Waals surface area (Å²) in [7, 11) is -3.72. The number of amides is 1. The molecule has 0 radical (unpaired) electrons. The van der Waals surface area contributed by atoms with Crippen molar-refractivity contribution in [1.29, 1.82) is 0 Å². The van der Waals surface area contributed by atoms with Crippen molar-refractivity contribution in [2.24, 2.45) is 0 Å². The van der Waals surface area contributed by atoms with Crippen LogP contribution in [0.4, 0.5) is 0 Å². The molecule has 1 fully saturated rings. The molecule has 0 saturated carbocycles. The van der Waals surface area contributed by atoms with Gasteiger partial charge in [-0.15, -0.1) is 0 Å². The van der Waals surface area contributed by atoms with Crippen molar-refractivity contribution in [1.82, 2.24) is 4.90 Å². The average molecular weight is 361 g/mol. The molecule has 1 aliphatic heterocycles. The number of carbonyl (C=O) groups is 1. The number of para-hydroxylation sites is 2. The molecule has 0 unspecified atom stereocenters. The van der Waals surface area contributed by atoms with Crippen LogP contribution in [0.2, 0.25) is 0 Å². The molecule has 7 heteroatoms. The number of hydrogen-bond acceptors (Lipinski definition) is 5. The van der Waals surface area contributed by atoms with Gasteiger partial charge < -0.3 is 18.7 Å². The maximum atomic E-state index is 13.3. The summed E-state index contributed by atoms with van der Waals surface area (Å²) in [6.07, 6.45) is -0.323. The largest absolute Gasteiger partial charge is 0.440 e. The van der Waals surface area contributed by atoms with E-state index in [0.717, 1.165) is 0 Å². The number of carbonyl (C=O) groups excluding carboxylic acids is 1. The molecule has 1 saturated heterocycles. The monoisotopic (exact) mass is 361 g/mol.